The fraction of sp³-hybridized carbons (Fsp3) is 0.562. The molecule has 0 unspecified atom stereocenters. The zero-order valence-corrected chi connectivity index (χ0v) is 14.7. The summed E-state index contributed by atoms with van der Waals surface area (Å²) in [6, 6.07) is 7.93. The minimum atomic E-state index is 0.102. The second kappa shape index (κ2) is 6.11. The molecule has 116 valence electrons. The van der Waals surface area contributed by atoms with Gasteiger partial charge in [0, 0.05) is 27.8 Å². The van der Waals surface area contributed by atoms with E-state index in [9.17, 15) is 0 Å². The Kier molecular flexibility index (Phi) is 4.81. The van der Waals surface area contributed by atoms with Crippen molar-refractivity contribution >= 4 is 34.6 Å². The smallest absolute Gasteiger partial charge is 0.170 e. The molecular formula is C16H24ClN3S. The lowest BCUT2D eigenvalue weighted by Gasteiger charge is -2.46. The molecule has 0 atom stereocenters. The number of anilines is 1. The van der Waals surface area contributed by atoms with Crippen LogP contribution in [0.1, 0.15) is 40.5 Å². The lowest BCUT2D eigenvalue weighted by atomic mass is 9.80. The molecule has 0 saturated carbocycles. The van der Waals surface area contributed by atoms with Crippen molar-refractivity contribution in [3.05, 3.63) is 29.3 Å². The van der Waals surface area contributed by atoms with E-state index < -0.39 is 0 Å². The molecule has 0 aromatic heterocycles. The molecule has 5 heteroatoms. The van der Waals surface area contributed by atoms with Gasteiger partial charge in [0.25, 0.3) is 0 Å². The van der Waals surface area contributed by atoms with E-state index in [0.29, 0.717) is 16.2 Å². The number of thiocarbonyl (C=S) groups is 1. The first-order valence-electron chi connectivity index (χ1n) is 7.28. The van der Waals surface area contributed by atoms with Crippen LogP contribution in [0, 0.1) is 0 Å². The number of halogens is 1. The van der Waals surface area contributed by atoms with E-state index in [-0.39, 0.29) is 11.1 Å². The first-order chi connectivity index (χ1) is 9.65. The Balaban J connectivity index is 1.96. The van der Waals surface area contributed by atoms with Gasteiger partial charge in [0.15, 0.2) is 5.11 Å². The molecule has 1 aromatic carbocycles. The van der Waals surface area contributed by atoms with Gasteiger partial charge in [0.2, 0.25) is 0 Å². The highest BCUT2D eigenvalue weighted by molar-refractivity contribution is 7.80. The molecule has 0 amide bonds. The van der Waals surface area contributed by atoms with Crippen molar-refractivity contribution in [3.63, 3.8) is 0 Å². The first kappa shape index (κ1) is 16.5. The van der Waals surface area contributed by atoms with Crippen LogP contribution in [0.4, 0.5) is 5.69 Å². The number of benzene rings is 1. The zero-order chi connectivity index (χ0) is 15.7. The van der Waals surface area contributed by atoms with Crippen molar-refractivity contribution in [2.75, 3.05) is 5.32 Å². The fourth-order valence-electron chi connectivity index (χ4n) is 3.34. The van der Waals surface area contributed by atoms with Crippen LogP contribution in [-0.2, 0) is 0 Å². The van der Waals surface area contributed by atoms with E-state index in [2.05, 4.69) is 43.6 Å². The zero-order valence-electron chi connectivity index (χ0n) is 13.1. The Morgan fingerprint density at radius 3 is 2.43 bits per heavy atom. The SMILES string of the molecule is CC1(C)CC(NC(=S)Nc2cccc(Cl)c2)CC(C)(C)N1. The summed E-state index contributed by atoms with van der Waals surface area (Å²) in [6.07, 6.45) is 2.07. The van der Waals surface area contributed by atoms with E-state index in [1.165, 1.54) is 0 Å². The van der Waals surface area contributed by atoms with Crippen LogP contribution in [0.25, 0.3) is 0 Å². The summed E-state index contributed by atoms with van der Waals surface area (Å²) in [5.41, 5.74) is 1.11. The summed E-state index contributed by atoms with van der Waals surface area (Å²) >= 11 is 11.4. The normalized spacial score (nSPS) is 20.8. The standard InChI is InChI=1S/C16H24ClN3S/c1-15(2)9-13(10-16(3,4)20-15)19-14(21)18-12-7-5-6-11(17)8-12/h5-8,13,20H,9-10H2,1-4H3,(H2,18,19,21). The van der Waals surface area contributed by atoms with E-state index in [0.717, 1.165) is 18.5 Å². The van der Waals surface area contributed by atoms with E-state index in [1.807, 2.05) is 24.3 Å². The van der Waals surface area contributed by atoms with Gasteiger partial charge in [-0.2, -0.15) is 0 Å². The monoisotopic (exact) mass is 325 g/mol. The Morgan fingerprint density at radius 1 is 1.24 bits per heavy atom. The van der Waals surface area contributed by atoms with Crippen LogP contribution >= 0.6 is 23.8 Å². The van der Waals surface area contributed by atoms with Crippen molar-refractivity contribution < 1.29 is 0 Å². The van der Waals surface area contributed by atoms with E-state index in [1.54, 1.807) is 0 Å². The predicted molar refractivity (Wildman–Crippen MR) is 95.1 cm³/mol. The van der Waals surface area contributed by atoms with Crippen molar-refractivity contribution in [3.8, 4) is 0 Å². The van der Waals surface area contributed by atoms with Gasteiger partial charge in [0.1, 0.15) is 0 Å². The Bertz CT molecular complexity index is 512. The van der Waals surface area contributed by atoms with Gasteiger partial charge < -0.3 is 16.0 Å². The van der Waals surface area contributed by atoms with E-state index in [4.69, 9.17) is 23.8 Å². The second-order valence-electron chi connectivity index (χ2n) is 7.11. The van der Waals surface area contributed by atoms with Crippen LogP contribution in [0.15, 0.2) is 24.3 Å². The number of hydrogen-bond acceptors (Lipinski definition) is 2. The first-order valence-corrected chi connectivity index (χ1v) is 8.06. The fourth-order valence-corrected chi connectivity index (χ4v) is 3.82. The molecule has 3 N–H and O–H groups in total. The summed E-state index contributed by atoms with van der Waals surface area (Å²) in [6.45, 7) is 8.93. The van der Waals surface area contributed by atoms with Crippen LogP contribution in [-0.4, -0.2) is 22.2 Å². The van der Waals surface area contributed by atoms with Gasteiger partial charge in [-0.25, -0.2) is 0 Å². The minimum absolute atomic E-state index is 0.102. The van der Waals surface area contributed by atoms with Crippen molar-refractivity contribution in [2.24, 2.45) is 0 Å². The number of piperidine rings is 1. The molecule has 1 aliphatic heterocycles. The van der Waals surface area contributed by atoms with Gasteiger partial charge in [0.05, 0.1) is 0 Å². The molecule has 21 heavy (non-hydrogen) atoms. The van der Waals surface area contributed by atoms with E-state index >= 15 is 0 Å². The lowest BCUT2D eigenvalue weighted by Crippen LogP contribution is -2.62. The molecule has 1 aliphatic rings. The average molecular weight is 326 g/mol. The summed E-state index contributed by atoms with van der Waals surface area (Å²) in [5.74, 6) is 0. The summed E-state index contributed by atoms with van der Waals surface area (Å²) in [4.78, 5) is 0. The Labute approximate surface area is 137 Å². The third kappa shape index (κ3) is 5.13. The number of rotatable bonds is 2. The third-order valence-corrected chi connectivity index (χ3v) is 4.06. The molecule has 2 rings (SSSR count). The molecule has 1 aromatic rings. The molecule has 1 heterocycles. The van der Waals surface area contributed by atoms with Crippen molar-refractivity contribution in [1.29, 1.82) is 0 Å². The highest BCUT2D eigenvalue weighted by Crippen LogP contribution is 2.28. The van der Waals surface area contributed by atoms with Crippen LogP contribution in [0.5, 0.6) is 0 Å². The topological polar surface area (TPSA) is 36.1 Å². The summed E-state index contributed by atoms with van der Waals surface area (Å²) in [7, 11) is 0. The minimum Gasteiger partial charge on any atom is -0.360 e. The maximum Gasteiger partial charge on any atom is 0.170 e. The Morgan fingerprint density at radius 2 is 1.86 bits per heavy atom. The quantitative estimate of drug-likeness (QED) is 0.720. The van der Waals surface area contributed by atoms with Crippen molar-refractivity contribution in [2.45, 2.75) is 57.7 Å². The molecule has 1 saturated heterocycles. The van der Waals surface area contributed by atoms with Crippen LogP contribution in [0.2, 0.25) is 5.02 Å². The van der Waals surface area contributed by atoms with Gasteiger partial charge in [-0.05, 0) is 71.0 Å². The van der Waals surface area contributed by atoms with Crippen LogP contribution < -0.4 is 16.0 Å². The van der Waals surface area contributed by atoms with Crippen LogP contribution in [0.3, 0.4) is 0 Å². The molecule has 0 spiro atoms. The molecule has 0 aliphatic carbocycles. The summed E-state index contributed by atoms with van der Waals surface area (Å²) < 4.78 is 0. The van der Waals surface area contributed by atoms with Crippen molar-refractivity contribution in [1.82, 2.24) is 10.6 Å². The largest absolute Gasteiger partial charge is 0.360 e. The third-order valence-electron chi connectivity index (χ3n) is 3.61. The predicted octanol–water partition coefficient (Wildman–Crippen LogP) is 3.94. The molecular weight excluding hydrogens is 302 g/mol. The molecule has 0 radical (unpaired) electrons. The highest BCUT2D eigenvalue weighted by atomic mass is 35.5. The Hall–Kier alpha value is -0.840. The highest BCUT2D eigenvalue weighted by Gasteiger charge is 2.37. The molecule has 3 nitrogen and oxygen atoms in total. The van der Waals surface area contributed by atoms with Gasteiger partial charge in [-0.1, -0.05) is 17.7 Å². The van der Waals surface area contributed by atoms with Gasteiger partial charge in [-0.3, -0.25) is 0 Å². The average Bonchev–Trinajstić information content (AvgIpc) is 2.23. The number of nitrogens with one attached hydrogen (secondary N) is 3. The second-order valence-corrected chi connectivity index (χ2v) is 7.95. The number of hydrogen-bond donors (Lipinski definition) is 3. The maximum absolute atomic E-state index is 5.98. The van der Waals surface area contributed by atoms with Gasteiger partial charge in [-0.15, -0.1) is 0 Å². The summed E-state index contributed by atoms with van der Waals surface area (Å²) in [5, 5.41) is 11.7. The maximum atomic E-state index is 5.98. The molecule has 0 bridgehead atoms. The lowest BCUT2D eigenvalue weighted by molar-refractivity contribution is 0.156. The van der Waals surface area contributed by atoms with Gasteiger partial charge >= 0.3 is 0 Å². The molecule has 1 fully saturated rings.